The summed E-state index contributed by atoms with van der Waals surface area (Å²) in [5, 5.41) is 4.15. The predicted octanol–water partition coefficient (Wildman–Crippen LogP) is 11.9. The van der Waals surface area contributed by atoms with Crippen molar-refractivity contribution in [1.82, 2.24) is 0 Å². The lowest BCUT2D eigenvalue weighted by atomic mass is 9.90. The zero-order chi connectivity index (χ0) is 26.5. The highest BCUT2D eigenvalue weighted by Crippen LogP contribution is 2.46. The largest absolute Gasteiger partial charge is 0.124 e. The van der Waals surface area contributed by atoms with Gasteiger partial charge < -0.3 is 0 Å². The molecule has 1 aliphatic rings. The van der Waals surface area contributed by atoms with Crippen molar-refractivity contribution in [1.29, 1.82) is 0 Å². The van der Waals surface area contributed by atoms with Gasteiger partial charge in [0.25, 0.3) is 0 Å². The first-order valence-electron chi connectivity index (χ1n) is 13.8. The van der Waals surface area contributed by atoms with E-state index in [9.17, 15) is 0 Å². The van der Waals surface area contributed by atoms with E-state index in [0.29, 0.717) is 0 Å². The minimum absolute atomic E-state index is 1.08. The molecule has 0 unspecified atom stereocenters. The highest BCUT2D eigenvalue weighted by molar-refractivity contribution is 7.44. The Kier molecular flexibility index (Phi) is 5.76. The molecule has 2 aromatic heterocycles. The molecule has 0 radical (unpaired) electrons. The van der Waals surface area contributed by atoms with Crippen LogP contribution in [-0.4, -0.2) is 0 Å². The minimum atomic E-state index is 1.08. The Labute approximate surface area is 242 Å². The molecule has 0 aliphatic heterocycles. The van der Waals surface area contributed by atoms with Crippen LogP contribution in [-0.2, 0) is 0 Å². The molecular weight excluding hydrogens is 521 g/mol. The van der Waals surface area contributed by atoms with Crippen molar-refractivity contribution in [3.05, 3.63) is 145 Å². The smallest absolute Gasteiger partial charge is 0.0890 e. The quantitative estimate of drug-likeness (QED) is 0.206. The topological polar surface area (TPSA) is 0 Å². The Morgan fingerprint density at radius 1 is 0.475 bits per heavy atom. The van der Waals surface area contributed by atoms with Crippen molar-refractivity contribution in [3.63, 3.8) is 0 Å². The van der Waals surface area contributed by atoms with Gasteiger partial charge in [-0.15, -0.1) is 22.7 Å². The maximum atomic E-state index is 2.43. The van der Waals surface area contributed by atoms with Gasteiger partial charge in [0, 0.05) is 25.6 Å². The summed E-state index contributed by atoms with van der Waals surface area (Å²) < 4.78 is 4.14. The third-order valence-electron chi connectivity index (χ3n) is 8.00. The first kappa shape index (κ1) is 23.6. The Balaban J connectivity index is 1.24. The van der Waals surface area contributed by atoms with Crippen LogP contribution in [0.2, 0.25) is 0 Å². The van der Waals surface area contributed by atoms with Crippen molar-refractivity contribution < 1.29 is 0 Å². The average molecular weight is 547 g/mol. The maximum Gasteiger partial charge on any atom is 0.0890 e. The first-order valence-corrected chi connectivity index (χ1v) is 15.4. The second kappa shape index (κ2) is 9.75. The van der Waals surface area contributed by atoms with Crippen molar-refractivity contribution in [2.75, 3.05) is 0 Å². The number of hydrogen-bond acceptors (Lipinski definition) is 2. The molecule has 0 bridgehead atoms. The fourth-order valence-corrected chi connectivity index (χ4v) is 8.53. The highest BCUT2D eigenvalue weighted by Gasteiger charge is 2.16. The van der Waals surface area contributed by atoms with Crippen LogP contribution in [0.4, 0.5) is 0 Å². The lowest BCUT2D eigenvalue weighted by Gasteiger charge is -2.15. The molecular formula is C38H26S2. The van der Waals surface area contributed by atoms with E-state index in [1.165, 1.54) is 74.1 Å². The SMILES string of the molecule is C1=C(c2ccc3sc4sc5ccc(-c6cccc(-c7ccccc7)c6)cc5c4c3c2)C=C(c2ccccc2)CC1. The molecule has 0 spiro atoms. The summed E-state index contributed by atoms with van der Waals surface area (Å²) in [7, 11) is 0. The zero-order valence-corrected chi connectivity index (χ0v) is 23.6. The molecule has 2 heterocycles. The molecule has 5 aromatic carbocycles. The zero-order valence-electron chi connectivity index (χ0n) is 21.9. The third-order valence-corrected chi connectivity index (χ3v) is 10.4. The summed E-state index contributed by atoms with van der Waals surface area (Å²) in [6.45, 7) is 0. The molecule has 0 amide bonds. The number of benzene rings is 5. The van der Waals surface area contributed by atoms with E-state index in [0.717, 1.165) is 12.8 Å². The van der Waals surface area contributed by atoms with E-state index in [2.05, 4.69) is 133 Å². The predicted molar refractivity (Wildman–Crippen MR) is 177 cm³/mol. The Morgan fingerprint density at radius 2 is 1.05 bits per heavy atom. The molecule has 0 saturated carbocycles. The molecule has 40 heavy (non-hydrogen) atoms. The highest BCUT2D eigenvalue weighted by atomic mass is 32.2. The van der Waals surface area contributed by atoms with Gasteiger partial charge in [-0.3, -0.25) is 0 Å². The molecule has 1 aliphatic carbocycles. The van der Waals surface area contributed by atoms with Crippen molar-refractivity contribution in [2.24, 2.45) is 0 Å². The van der Waals surface area contributed by atoms with Gasteiger partial charge in [-0.1, -0.05) is 103 Å². The van der Waals surface area contributed by atoms with Crippen LogP contribution in [0, 0.1) is 0 Å². The number of hydrogen-bond donors (Lipinski definition) is 0. The third kappa shape index (κ3) is 4.12. The fraction of sp³-hybridized carbons (Fsp3) is 0.0526. The Morgan fingerprint density at radius 3 is 1.77 bits per heavy atom. The molecule has 8 rings (SSSR count). The molecule has 7 aromatic rings. The van der Waals surface area contributed by atoms with Crippen molar-refractivity contribution >= 4 is 63.4 Å². The van der Waals surface area contributed by atoms with Gasteiger partial charge in [0.1, 0.15) is 0 Å². The number of fused-ring (bicyclic) bond motifs is 5. The molecule has 0 fully saturated rings. The number of allylic oxidation sites excluding steroid dienone is 4. The molecule has 0 saturated heterocycles. The lowest BCUT2D eigenvalue weighted by Crippen LogP contribution is -1.92. The first-order chi connectivity index (χ1) is 19.8. The summed E-state index contributed by atoms with van der Waals surface area (Å²) >= 11 is 3.85. The van der Waals surface area contributed by atoms with E-state index >= 15 is 0 Å². The number of thiophene rings is 2. The van der Waals surface area contributed by atoms with Crippen LogP contribution in [0.1, 0.15) is 24.0 Å². The second-order valence-electron chi connectivity index (χ2n) is 10.5. The van der Waals surface area contributed by atoms with Gasteiger partial charge >= 0.3 is 0 Å². The fourth-order valence-electron chi connectivity index (χ4n) is 5.97. The van der Waals surface area contributed by atoms with Gasteiger partial charge in [0.2, 0.25) is 0 Å². The monoisotopic (exact) mass is 546 g/mol. The summed E-state index contributed by atoms with van der Waals surface area (Å²) in [5.74, 6) is 0. The summed E-state index contributed by atoms with van der Waals surface area (Å²) in [4.78, 5) is 0. The number of rotatable bonds is 4. The Hall–Kier alpha value is -4.24. The van der Waals surface area contributed by atoms with Crippen LogP contribution in [0.25, 0.3) is 63.0 Å². The summed E-state index contributed by atoms with van der Waals surface area (Å²) in [6, 6.07) is 44.4. The summed E-state index contributed by atoms with van der Waals surface area (Å²) in [6.07, 6.45) is 6.98. The maximum absolute atomic E-state index is 2.43. The minimum Gasteiger partial charge on any atom is -0.124 e. The molecule has 0 N–H and O–H groups in total. The van der Waals surface area contributed by atoms with Gasteiger partial charge in [0.15, 0.2) is 0 Å². The average Bonchev–Trinajstić information content (AvgIpc) is 3.57. The van der Waals surface area contributed by atoms with Gasteiger partial charge in [0.05, 0.1) is 4.01 Å². The molecule has 0 nitrogen and oxygen atoms in total. The van der Waals surface area contributed by atoms with Crippen LogP contribution in [0.5, 0.6) is 0 Å². The van der Waals surface area contributed by atoms with Crippen molar-refractivity contribution in [2.45, 2.75) is 12.8 Å². The van der Waals surface area contributed by atoms with E-state index < -0.39 is 0 Å². The summed E-state index contributed by atoms with van der Waals surface area (Å²) in [5.41, 5.74) is 10.4. The molecule has 2 heteroatoms. The lowest BCUT2D eigenvalue weighted by molar-refractivity contribution is 1.06. The molecule has 190 valence electrons. The molecule has 0 atom stereocenters. The standard InChI is InChI=1S/C38H26S2/c1-3-9-25(10-4-1)27-13-7-15-29(21-27)31-17-19-35-33(23-31)37-34-24-32(18-20-36(34)40-38(37)39-35)30-16-8-14-28(22-30)26-11-5-2-6-12-26/h1-7,9-13,15-24H,8,14H2. The van der Waals surface area contributed by atoms with E-state index in [1.54, 1.807) is 0 Å². The Bertz CT molecular complexity index is 2090. The van der Waals surface area contributed by atoms with Crippen LogP contribution in [0.3, 0.4) is 0 Å². The van der Waals surface area contributed by atoms with Crippen LogP contribution in [0.15, 0.2) is 133 Å². The van der Waals surface area contributed by atoms with Crippen molar-refractivity contribution in [3.8, 4) is 22.3 Å². The van der Waals surface area contributed by atoms with E-state index in [4.69, 9.17) is 0 Å². The van der Waals surface area contributed by atoms with Gasteiger partial charge in [-0.25, -0.2) is 0 Å². The van der Waals surface area contributed by atoms with Crippen LogP contribution >= 0.6 is 22.7 Å². The van der Waals surface area contributed by atoms with E-state index in [-0.39, 0.29) is 0 Å². The second-order valence-corrected chi connectivity index (χ2v) is 12.8. The van der Waals surface area contributed by atoms with Crippen LogP contribution < -0.4 is 0 Å². The van der Waals surface area contributed by atoms with Gasteiger partial charge in [-0.2, -0.15) is 0 Å². The van der Waals surface area contributed by atoms with E-state index in [1.807, 2.05) is 22.7 Å². The normalized spacial score (nSPS) is 13.6. The van der Waals surface area contributed by atoms with Gasteiger partial charge in [-0.05, 0) is 87.7 Å².